The van der Waals surface area contributed by atoms with Gasteiger partial charge < -0.3 is 15.3 Å². The molecule has 1 saturated carbocycles. The van der Waals surface area contributed by atoms with Gasteiger partial charge in [-0.25, -0.2) is 4.79 Å². The van der Waals surface area contributed by atoms with Crippen LogP contribution in [0, 0.1) is 5.92 Å². The fraction of sp³-hybridized carbons (Fsp3) is 0.462. The summed E-state index contributed by atoms with van der Waals surface area (Å²) in [6, 6.07) is 3.91. The smallest absolute Gasteiger partial charge is 0.323 e. The Hall–Kier alpha value is -1.23. The molecular formula is C13H16BrN3O. The lowest BCUT2D eigenvalue weighted by Gasteiger charge is -2.13. The monoisotopic (exact) mass is 309 g/mol. The lowest BCUT2D eigenvalue weighted by atomic mass is 10.1. The van der Waals surface area contributed by atoms with Gasteiger partial charge >= 0.3 is 5.69 Å². The molecule has 3 N–H and O–H groups in total. The molecule has 3 rings (SSSR count). The minimum Gasteiger partial charge on any atom is -0.384 e. The Bertz CT molecular complexity index is 610. The number of aromatic nitrogens is 2. The maximum atomic E-state index is 11.2. The molecule has 0 spiro atoms. The number of aromatic amines is 2. The van der Waals surface area contributed by atoms with E-state index in [2.05, 4.69) is 31.2 Å². The number of hydrogen-bond acceptors (Lipinski definition) is 2. The third kappa shape index (κ3) is 2.32. The number of halogens is 1. The van der Waals surface area contributed by atoms with Crippen LogP contribution in [0.25, 0.3) is 11.0 Å². The molecule has 0 radical (unpaired) electrons. The Morgan fingerprint density at radius 3 is 2.61 bits per heavy atom. The Morgan fingerprint density at radius 1 is 1.22 bits per heavy atom. The van der Waals surface area contributed by atoms with Crippen molar-refractivity contribution in [2.24, 2.45) is 5.92 Å². The highest BCUT2D eigenvalue weighted by molar-refractivity contribution is 9.10. The summed E-state index contributed by atoms with van der Waals surface area (Å²) in [5.41, 5.74) is 2.56. The first-order valence-corrected chi connectivity index (χ1v) is 7.17. The van der Waals surface area contributed by atoms with E-state index in [0.717, 1.165) is 33.7 Å². The Labute approximate surface area is 113 Å². The van der Waals surface area contributed by atoms with E-state index < -0.39 is 0 Å². The summed E-state index contributed by atoms with van der Waals surface area (Å²) in [7, 11) is 0. The van der Waals surface area contributed by atoms with Crippen molar-refractivity contribution in [3.63, 3.8) is 0 Å². The molecule has 0 aliphatic heterocycles. The van der Waals surface area contributed by atoms with E-state index in [1.54, 1.807) is 0 Å². The summed E-state index contributed by atoms with van der Waals surface area (Å²) in [5, 5.41) is 3.47. The maximum Gasteiger partial charge on any atom is 0.323 e. The number of hydrogen-bond donors (Lipinski definition) is 3. The molecule has 5 heteroatoms. The highest BCUT2D eigenvalue weighted by Crippen LogP contribution is 2.29. The number of H-pyrrole nitrogens is 2. The largest absolute Gasteiger partial charge is 0.384 e. The van der Waals surface area contributed by atoms with Gasteiger partial charge in [-0.1, -0.05) is 12.8 Å². The van der Waals surface area contributed by atoms with E-state index >= 15 is 0 Å². The molecule has 0 atom stereocenters. The molecule has 4 nitrogen and oxygen atoms in total. The van der Waals surface area contributed by atoms with Gasteiger partial charge in [-0.05, 0) is 46.8 Å². The number of rotatable bonds is 3. The van der Waals surface area contributed by atoms with Crippen LogP contribution in [-0.4, -0.2) is 16.5 Å². The van der Waals surface area contributed by atoms with Gasteiger partial charge in [0.25, 0.3) is 0 Å². The second kappa shape index (κ2) is 4.80. The first-order chi connectivity index (χ1) is 8.72. The Kier molecular flexibility index (Phi) is 3.16. The van der Waals surface area contributed by atoms with Crippen LogP contribution in [0.1, 0.15) is 25.7 Å². The van der Waals surface area contributed by atoms with E-state index in [1.165, 1.54) is 25.7 Å². The van der Waals surface area contributed by atoms with Crippen molar-refractivity contribution < 1.29 is 0 Å². The van der Waals surface area contributed by atoms with E-state index in [9.17, 15) is 4.79 Å². The van der Waals surface area contributed by atoms with Crippen molar-refractivity contribution >= 4 is 32.7 Å². The SMILES string of the molecule is O=c1[nH]c2cc(Br)c(NCC3CCCC3)cc2[nH]1. The third-order valence-corrected chi connectivity index (χ3v) is 4.32. The van der Waals surface area contributed by atoms with Gasteiger partial charge in [0, 0.05) is 11.0 Å². The molecule has 2 aromatic rings. The molecule has 0 unspecified atom stereocenters. The van der Waals surface area contributed by atoms with Crippen LogP contribution >= 0.6 is 15.9 Å². The highest BCUT2D eigenvalue weighted by Gasteiger charge is 2.15. The van der Waals surface area contributed by atoms with Gasteiger partial charge in [-0.15, -0.1) is 0 Å². The Balaban J connectivity index is 1.81. The van der Waals surface area contributed by atoms with Crippen molar-refractivity contribution in [3.8, 4) is 0 Å². The van der Waals surface area contributed by atoms with Gasteiger partial charge in [0.05, 0.1) is 16.7 Å². The van der Waals surface area contributed by atoms with Gasteiger partial charge in [-0.3, -0.25) is 0 Å². The zero-order chi connectivity index (χ0) is 12.5. The van der Waals surface area contributed by atoms with Gasteiger partial charge in [-0.2, -0.15) is 0 Å². The lowest BCUT2D eigenvalue weighted by Crippen LogP contribution is -2.11. The first-order valence-electron chi connectivity index (χ1n) is 6.38. The van der Waals surface area contributed by atoms with Crippen LogP contribution in [0.3, 0.4) is 0 Å². The van der Waals surface area contributed by atoms with Crippen molar-refractivity contribution in [2.75, 3.05) is 11.9 Å². The predicted octanol–water partition coefficient (Wildman–Crippen LogP) is 3.22. The molecule has 1 fully saturated rings. The first kappa shape index (κ1) is 11.8. The van der Waals surface area contributed by atoms with Crippen molar-refractivity contribution in [1.29, 1.82) is 0 Å². The minimum absolute atomic E-state index is 0.162. The number of benzene rings is 1. The third-order valence-electron chi connectivity index (χ3n) is 3.66. The van der Waals surface area contributed by atoms with Crippen LogP contribution in [0.2, 0.25) is 0 Å². The lowest BCUT2D eigenvalue weighted by molar-refractivity contribution is 0.580. The van der Waals surface area contributed by atoms with Crippen LogP contribution in [0.5, 0.6) is 0 Å². The number of nitrogens with one attached hydrogen (secondary N) is 3. The zero-order valence-corrected chi connectivity index (χ0v) is 11.6. The van der Waals surface area contributed by atoms with Crippen LogP contribution < -0.4 is 11.0 Å². The summed E-state index contributed by atoms with van der Waals surface area (Å²) in [6.07, 6.45) is 5.37. The van der Waals surface area contributed by atoms with E-state index in [4.69, 9.17) is 0 Å². The van der Waals surface area contributed by atoms with Crippen molar-refractivity contribution in [3.05, 3.63) is 27.1 Å². The molecule has 1 aliphatic carbocycles. The fourth-order valence-electron chi connectivity index (χ4n) is 2.66. The second-order valence-electron chi connectivity index (χ2n) is 4.99. The molecule has 1 aliphatic rings. The molecule has 1 heterocycles. The Morgan fingerprint density at radius 2 is 1.89 bits per heavy atom. The quantitative estimate of drug-likeness (QED) is 0.815. The summed E-state index contributed by atoms with van der Waals surface area (Å²) < 4.78 is 0.989. The number of imidazole rings is 1. The van der Waals surface area contributed by atoms with Crippen molar-refractivity contribution in [2.45, 2.75) is 25.7 Å². The molecule has 0 saturated heterocycles. The molecule has 0 bridgehead atoms. The number of fused-ring (bicyclic) bond motifs is 1. The zero-order valence-electron chi connectivity index (χ0n) is 10.1. The molecule has 1 aromatic carbocycles. The van der Waals surface area contributed by atoms with E-state index in [0.29, 0.717) is 0 Å². The van der Waals surface area contributed by atoms with Gasteiger partial charge in [0.1, 0.15) is 0 Å². The summed E-state index contributed by atoms with van der Waals surface area (Å²) in [5.74, 6) is 0.790. The van der Waals surface area contributed by atoms with Crippen LogP contribution in [-0.2, 0) is 0 Å². The van der Waals surface area contributed by atoms with E-state index in [1.807, 2.05) is 12.1 Å². The summed E-state index contributed by atoms with van der Waals surface area (Å²) in [4.78, 5) is 16.8. The minimum atomic E-state index is -0.162. The molecule has 0 amide bonds. The summed E-state index contributed by atoms with van der Waals surface area (Å²) in [6.45, 7) is 1.01. The standard InChI is InChI=1S/C13H16BrN3O/c14-9-5-11-12(17-13(18)16-11)6-10(9)15-7-8-3-1-2-4-8/h5-6,8,15H,1-4,7H2,(H2,16,17,18). The van der Waals surface area contributed by atoms with Crippen LogP contribution in [0.15, 0.2) is 21.4 Å². The molecule has 1 aromatic heterocycles. The topological polar surface area (TPSA) is 60.7 Å². The fourth-order valence-corrected chi connectivity index (χ4v) is 3.14. The molecule has 96 valence electrons. The predicted molar refractivity (Wildman–Crippen MR) is 77.1 cm³/mol. The summed E-state index contributed by atoms with van der Waals surface area (Å²) >= 11 is 3.54. The van der Waals surface area contributed by atoms with Gasteiger partial charge in [0.2, 0.25) is 0 Å². The maximum absolute atomic E-state index is 11.2. The van der Waals surface area contributed by atoms with Crippen molar-refractivity contribution in [1.82, 2.24) is 9.97 Å². The van der Waals surface area contributed by atoms with E-state index in [-0.39, 0.29) is 5.69 Å². The normalized spacial score (nSPS) is 16.5. The average molecular weight is 310 g/mol. The van der Waals surface area contributed by atoms with Gasteiger partial charge in [0.15, 0.2) is 0 Å². The highest BCUT2D eigenvalue weighted by atomic mass is 79.9. The molecular weight excluding hydrogens is 294 g/mol. The average Bonchev–Trinajstić information content (AvgIpc) is 2.94. The number of anilines is 1. The second-order valence-corrected chi connectivity index (χ2v) is 5.84. The van der Waals surface area contributed by atoms with Crippen LogP contribution in [0.4, 0.5) is 5.69 Å². The molecule has 18 heavy (non-hydrogen) atoms.